The summed E-state index contributed by atoms with van der Waals surface area (Å²) in [6.07, 6.45) is 0. The van der Waals surface area contributed by atoms with E-state index in [1.54, 1.807) is 0 Å². The fourth-order valence-electron chi connectivity index (χ4n) is 0.533. The molecule has 0 radical (unpaired) electrons. The third-order valence-corrected chi connectivity index (χ3v) is 1.47. The lowest BCUT2D eigenvalue weighted by molar-refractivity contribution is 0.0897. The van der Waals surface area contributed by atoms with Crippen molar-refractivity contribution in [1.82, 2.24) is 5.32 Å². The zero-order valence-electron chi connectivity index (χ0n) is 3.98. The summed E-state index contributed by atoms with van der Waals surface area (Å²) in [6, 6.07) is 0. The van der Waals surface area contributed by atoms with Crippen LogP contribution in [0.25, 0.3) is 0 Å². The van der Waals surface area contributed by atoms with Crippen LogP contribution in [0.3, 0.4) is 0 Å². The Labute approximate surface area is 51.4 Å². The largest absolute Gasteiger partial charge is 0.364 e. The highest BCUT2D eigenvalue weighted by molar-refractivity contribution is 9.09. The van der Waals surface area contributed by atoms with Crippen LogP contribution < -0.4 is 5.32 Å². The second kappa shape index (κ2) is 2.64. The Morgan fingerprint density at radius 2 is 2.57 bits per heavy atom. The summed E-state index contributed by atoms with van der Waals surface area (Å²) in [5.41, 5.74) is 0. The van der Waals surface area contributed by atoms with Gasteiger partial charge in [-0.15, -0.1) is 0 Å². The summed E-state index contributed by atoms with van der Waals surface area (Å²) in [7, 11) is 0. The highest BCUT2D eigenvalue weighted by Gasteiger charge is 2.06. The Morgan fingerprint density at radius 1 is 1.71 bits per heavy atom. The molecule has 3 heteroatoms. The number of nitrogens with one attached hydrogen (secondary N) is 1. The molecule has 0 aromatic carbocycles. The monoisotopic (exact) mass is 165 g/mol. The number of rotatable bonds is 0. The Kier molecular flexibility index (Phi) is 2.09. The van der Waals surface area contributed by atoms with Crippen LogP contribution in [-0.2, 0) is 4.74 Å². The first-order valence-electron chi connectivity index (χ1n) is 2.36. The van der Waals surface area contributed by atoms with Gasteiger partial charge in [-0.25, -0.2) is 0 Å². The molecule has 1 atom stereocenters. The summed E-state index contributed by atoms with van der Waals surface area (Å²) < 4.78 is 5.13. The van der Waals surface area contributed by atoms with Gasteiger partial charge >= 0.3 is 0 Å². The zero-order chi connectivity index (χ0) is 5.11. The van der Waals surface area contributed by atoms with Gasteiger partial charge in [-0.05, 0) is 0 Å². The lowest BCUT2D eigenvalue weighted by atomic mass is 10.5. The van der Waals surface area contributed by atoms with Crippen LogP contribution in [-0.4, -0.2) is 24.7 Å². The zero-order valence-corrected chi connectivity index (χ0v) is 5.57. The van der Waals surface area contributed by atoms with E-state index in [4.69, 9.17) is 4.74 Å². The van der Waals surface area contributed by atoms with Crippen LogP contribution in [0.2, 0.25) is 0 Å². The first-order chi connectivity index (χ1) is 3.39. The lowest BCUT2D eigenvalue weighted by Crippen LogP contribution is -2.34. The first-order valence-corrected chi connectivity index (χ1v) is 3.27. The van der Waals surface area contributed by atoms with Crippen LogP contribution in [0.4, 0.5) is 0 Å². The van der Waals surface area contributed by atoms with Gasteiger partial charge in [0.25, 0.3) is 0 Å². The molecule has 1 aliphatic rings. The van der Waals surface area contributed by atoms with Crippen molar-refractivity contribution in [2.24, 2.45) is 0 Å². The highest BCUT2D eigenvalue weighted by Crippen LogP contribution is 2.01. The fourth-order valence-corrected chi connectivity index (χ4v) is 0.949. The Morgan fingerprint density at radius 3 is 2.86 bits per heavy atom. The number of ether oxygens (including phenoxy) is 1. The smallest absolute Gasteiger partial charge is 0.124 e. The molecular weight excluding hydrogens is 158 g/mol. The van der Waals surface area contributed by atoms with Gasteiger partial charge in [-0.1, -0.05) is 15.9 Å². The van der Waals surface area contributed by atoms with Crippen molar-refractivity contribution in [2.75, 3.05) is 19.7 Å². The molecule has 0 bridgehead atoms. The van der Waals surface area contributed by atoms with Gasteiger partial charge in [0.15, 0.2) is 0 Å². The molecule has 1 saturated heterocycles. The van der Waals surface area contributed by atoms with E-state index in [1.807, 2.05) is 0 Å². The van der Waals surface area contributed by atoms with Crippen molar-refractivity contribution in [2.45, 2.75) is 5.01 Å². The molecule has 0 amide bonds. The minimum atomic E-state index is 0.237. The van der Waals surface area contributed by atoms with Gasteiger partial charge < -0.3 is 10.1 Å². The molecule has 0 spiro atoms. The number of halogens is 1. The maximum Gasteiger partial charge on any atom is 0.124 e. The summed E-state index contributed by atoms with van der Waals surface area (Å²) in [4.78, 5) is 0. The normalized spacial score (nSPS) is 33.0. The summed E-state index contributed by atoms with van der Waals surface area (Å²) in [5.74, 6) is 0. The predicted octanol–water partition coefficient (Wildman–Crippen LogP) is 0.327. The minimum Gasteiger partial charge on any atom is -0.364 e. The number of morpholine rings is 1. The minimum absolute atomic E-state index is 0.237. The molecule has 1 fully saturated rings. The number of hydrogen-bond acceptors (Lipinski definition) is 2. The van der Waals surface area contributed by atoms with E-state index in [-0.39, 0.29) is 5.01 Å². The average molecular weight is 166 g/mol. The standard InChI is InChI=1S/C4H8BrNO/c5-4-3-6-1-2-7-4/h4,6H,1-3H2. The number of alkyl halides is 1. The summed E-state index contributed by atoms with van der Waals surface area (Å²) >= 11 is 3.30. The third kappa shape index (κ3) is 1.76. The van der Waals surface area contributed by atoms with E-state index >= 15 is 0 Å². The van der Waals surface area contributed by atoms with Crippen molar-refractivity contribution < 1.29 is 4.74 Å². The van der Waals surface area contributed by atoms with Crippen molar-refractivity contribution in [1.29, 1.82) is 0 Å². The molecule has 42 valence electrons. The van der Waals surface area contributed by atoms with E-state index in [0.29, 0.717) is 0 Å². The summed E-state index contributed by atoms with van der Waals surface area (Å²) in [5, 5.41) is 3.40. The first kappa shape index (κ1) is 5.54. The van der Waals surface area contributed by atoms with Crippen LogP contribution in [0.15, 0.2) is 0 Å². The SMILES string of the molecule is BrC1CNCCO1. The van der Waals surface area contributed by atoms with Gasteiger partial charge in [-0.3, -0.25) is 0 Å². The van der Waals surface area contributed by atoms with E-state index in [9.17, 15) is 0 Å². The van der Waals surface area contributed by atoms with Crippen LogP contribution >= 0.6 is 15.9 Å². The van der Waals surface area contributed by atoms with Crippen LogP contribution in [0.1, 0.15) is 0 Å². The molecule has 7 heavy (non-hydrogen) atoms. The van der Waals surface area contributed by atoms with E-state index in [2.05, 4.69) is 21.2 Å². The molecule has 0 aromatic rings. The van der Waals surface area contributed by atoms with E-state index in [0.717, 1.165) is 19.7 Å². The van der Waals surface area contributed by atoms with E-state index in [1.165, 1.54) is 0 Å². The molecule has 1 unspecified atom stereocenters. The maximum absolute atomic E-state index is 5.13. The van der Waals surface area contributed by atoms with E-state index < -0.39 is 0 Å². The highest BCUT2D eigenvalue weighted by atomic mass is 79.9. The third-order valence-electron chi connectivity index (χ3n) is 0.882. The van der Waals surface area contributed by atoms with Crippen LogP contribution in [0.5, 0.6) is 0 Å². The Bertz CT molecular complexity index is 53.7. The van der Waals surface area contributed by atoms with Gasteiger partial charge in [0.1, 0.15) is 5.01 Å². The van der Waals surface area contributed by atoms with Crippen molar-refractivity contribution in [3.05, 3.63) is 0 Å². The quantitative estimate of drug-likeness (QED) is 0.523. The topological polar surface area (TPSA) is 21.3 Å². The second-order valence-electron chi connectivity index (χ2n) is 1.48. The van der Waals surface area contributed by atoms with Crippen LogP contribution in [0, 0.1) is 0 Å². The average Bonchev–Trinajstić information content (AvgIpc) is 1.69. The van der Waals surface area contributed by atoms with Gasteiger partial charge in [0.05, 0.1) is 6.61 Å². The predicted molar refractivity (Wildman–Crippen MR) is 31.5 cm³/mol. The maximum atomic E-state index is 5.13. The van der Waals surface area contributed by atoms with Crippen molar-refractivity contribution in [3.8, 4) is 0 Å². The molecule has 0 aliphatic carbocycles. The molecule has 1 N–H and O–H groups in total. The van der Waals surface area contributed by atoms with Gasteiger partial charge in [0, 0.05) is 13.1 Å². The molecular formula is C4H8BrNO. The number of hydrogen-bond donors (Lipinski definition) is 1. The molecule has 1 rings (SSSR count). The Hall–Kier alpha value is 0.400. The molecule has 1 heterocycles. The van der Waals surface area contributed by atoms with Gasteiger partial charge in [-0.2, -0.15) is 0 Å². The lowest BCUT2D eigenvalue weighted by Gasteiger charge is -2.17. The second-order valence-corrected chi connectivity index (χ2v) is 2.51. The summed E-state index contributed by atoms with van der Waals surface area (Å²) in [6.45, 7) is 2.75. The molecule has 2 nitrogen and oxygen atoms in total. The molecule has 0 saturated carbocycles. The van der Waals surface area contributed by atoms with Crippen molar-refractivity contribution >= 4 is 15.9 Å². The Balaban J connectivity index is 2.12. The molecule has 1 aliphatic heterocycles. The van der Waals surface area contributed by atoms with Gasteiger partial charge in [0.2, 0.25) is 0 Å². The molecule has 0 aromatic heterocycles. The fraction of sp³-hybridized carbons (Fsp3) is 1.00. The van der Waals surface area contributed by atoms with Crippen molar-refractivity contribution in [3.63, 3.8) is 0 Å².